The number of hydrogen-bond acceptors (Lipinski definition) is 4. The van der Waals surface area contributed by atoms with Crippen LogP contribution >= 0.6 is 15.9 Å². The Kier molecular flexibility index (Phi) is 5.29. The molecule has 2 aromatic carbocycles. The first kappa shape index (κ1) is 18.4. The monoisotopic (exact) mass is 432 g/mol. The second kappa shape index (κ2) is 7.47. The number of aryl methyl sites for hydroxylation is 2. The van der Waals surface area contributed by atoms with Gasteiger partial charge >= 0.3 is 0 Å². The van der Waals surface area contributed by atoms with Crippen molar-refractivity contribution in [2.45, 2.75) is 18.7 Å². The highest BCUT2D eigenvalue weighted by molar-refractivity contribution is 9.10. The van der Waals surface area contributed by atoms with Crippen molar-refractivity contribution in [1.29, 1.82) is 0 Å². The molecule has 1 heterocycles. The normalized spacial score (nSPS) is 11.2. The van der Waals surface area contributed by atoms with Crippen molar-refractivity contribution in [3.8, 4) is 11.6 Å². The summed E-state index contributed by atoms with van der Waals surface area (Å²) in [6.07, 6.45) is 0. The number of benzene rings is 2. The average molecular weight is 433 g/mol. The molecule has 134 valence electrons. The van der Waals surface area contributed by atoms with Crippen LogP contribution in [0, 0.1) is 13.8 Å². The van der Waals surface area contributed by atoms with Crippen molar-refractivity contribution < 1.29 is 13.2 Å². The smallest absolute Gasteiger partial charge is 0.263 e. The van der Waals surface area contributed by atoms with Gasteiger partial charge in [-0.1, -0.05) is 40.2 Å². The molecule has 0 saturated carbocycles. The maximum Gasteiger partial charge on any atom is 0.263 e. The molecule has 0 aliphatic heterocycles. The molecule has 0 atom stereocenters. The summed E-state index contributed by atoms with van der Waals surface area (Å²) in [7, 11) is -3.77. The van der Waals surface area contributed by atoms with E-state index in [0.717, 1.165) is 4.47 Å². The summed E-state index contributed by atoms with van der Waals surface area (Å²) in [5.41, 5.74) is 1.31. The van der Waals surface area contributed by atoms with E-state index in [-0.39, 0.29) is 10.7 Å². The maximum absolute atomic E-state index is 12.8. The van der Waals surface area contributed by atoms with Gasteiger partial charge < -0.3 is 4.74 Å². The summed E-state index contributed by atoms with van der Waals surface area (Å²) in [6, 6.07) is 17.6. The lowest BCUT2D eigenvalue weighted by Crippen LogP contribution is -2.16. The van der Waals surface area contributed by atoms with Crippen LogP contribution in [-0.4, -0.2) is 13.4 Å². The van der Waals surface area contributed by atoms with Gasteiger partial charge in [0.15, 0.2) is 0 Å². The SMILES string of the molecule is Cc1cc(Br)cc(C)c1S(=O)(=O)Nc1cccc(Oc2ccccc2)n1. The van der Waals surface area contributed by atoms with Crippen LogP contribution in [0.4, 0.5) is 5.82 Å². The molecule has 0 spiro atoms. The van der Waals surface area contributed by atoms with E-state index in [1.165, 1.54) is 0 Å². The number of hydrogen-bond donors (Lipinski definition) is 1. The van der Waals surface area contributed by atoms with E-state index in [1.54, 1.807) is 56.3 Å². The fraction of sp³-hybridized carbons (Fsp3) is 0.105. The standard InChI is InChI=1S/C19H17BrN2O3S/c1-13-11-15(20)12-14(2)19(13)26(23,24)22-17-9-6-10-18(21-17)25-16-7-4-3-5-8-16/h3-12H,1-2H3,(H,21,22). The Morgan fingerprint density at radius 3 is 2.27 bits per heavy atom. The summed E-state index contributed by atoms with van der Waals surface area (Å²) in [5, 5.41) is 0. The molecule has 1 aromatic heterocycles. The Labute approximate surface area is 161 Å². The van der Waals surface area contributed by atoms with Crippen LogP contribution in [0.1, 0.15) is 11.1 Å². The molecule has 5 nitrogen and oxygen atoms in total. The van der Waals surface area contributed by atoms with Gasteiger partial charge in [-0.05, 0) is 55.3 Å². The Balaban J connectivity index is 1.88. The average Bonchev–Trinajstić information content (AvgIpc) is 2.54. The number of nitrogens with one attached hydrogen (secondary N) is 1. The Bertz CT molecular complexity index is 1010. The first-order valence-corrected chi connectivity index (χ1v) is 10.1. The van der Waals surface area contributed by atoms with Gasteiger partial charge in [-0.3, -0.25) is 4.72 Å². The zero-order chi connectivity index (χ0) is 18.7. The molecule has 3 rings (SSSR count). The van der Waals surface area contributed by atoms with Gasteiger partial charge in [-0.15, -0.1) is 0 Å². The maximum atomic E-state index is 12.8. The Morgan fingerprint density at radius 1 is 0.962 bits per heavy atom. The number of anilines is 1. The van der Waals surface area contributed by atoms with Crippen molar-refractivity contribution >= 4 is 31.8 Å². The van der Waals surface area contributed by atoms with Crippen LogP contribution in [0.3, 0.4) is 0 Å². The molecular formula is C19H17BrN2O3S. The summed E-state index contributed by atoms with van der Waals surface area (Å²) in [5.74, 6) is 1.13. The zero-order valence-electron chi connectivity index (χ0n) is 14.2. The molecule has 0 radical (unpaired) electrons. The lowest BCUT2D eigenvalue weighted by atomic mass is 10.2. The largest absolute Gasteiger partial charge is 0.439 e. The summed E-state index contributed by atoms with van der Waals surface area (Å²) >= 11 is 3.38. The number of pyridine rings is 1. The predicted octanol–water partition coefficient (Wildman–Crippen LogP) is 5.05. The van der Waals surface area contributed by atoms with Crippen LogP contribution < -0.4 is 9.46 Å². The molecule has 0 saturated heterocycles. The van der Waals surface area contributed by atoms with E-state index in [0.29, 0.717) is 22.8 Å². The molecule has 26 heavy (non-hydrogen) atoms. The molecule has 0 aliphatic carbocycles. The minimum absolute atomic E-state index is 0.195. The van der Waals surface area contributed by atoms with E-state index in [4.69, 9.17) is 4.74 Å². The van der Waals surface area contributed by atoms with E-state index in [2.05, 4.69) is 25.6 Å². The van der Waals surface area contributed by atoms with Crippen molar-refractivity contribution in [2.75, 3.05) is 4.72 Å². The number of para-hydroxylation sites is 1. The van der Waals surface area contributed by atoms with E-state index in [1.807, 2.05) is 18.2 Å². The molecule has 0 fully saturated rings. The highest BCUT2D eigenvalue weighted by atomic mass is 79.9. The summed E-state index contributed by atoms with van der Waals surface area (Å²) in [4.78, 5) is 4.48. The lowest BCUT2D eigenvalue weighted by molar-refractivity contribution is 0.464. The van der Waals surface area contributed by atoms with Crippen molar-refractivity contribution in [3.63, 3.8) is 0 Å². The number of aromatic nitrogens is 1. The van der Waals surface area contributed by atoms with Gasteiger partial charge in [0.2, 0.25) is 5.88 Å². The van der Waals surface area contributed by atoms with Crippen molar-refractivity contribution in [3.05, 3.63) is 76.3 Å². The molecule has 0 amide bonds. The minimum Gasteiger partial charge on any atom is -0.439 e. The third-order valence-electron chi connectivity index (χ3n) is 3.62. The van der Waals surface area contributed by atoms with Crippen LogP contribution in [0.25, 0.3) is 0 Å². The van der Waals surface area contributed by atoms with Crippen LogP contribution in [-0.2, 0) is 10.0 Å². The predicted molar refractivity (Wildman–Crippen MR) is 105 cm³/mol. The van der Waals surface area contributed by atoms with Gasteiger partial charge in [0, 0.05) is 10.5 Å². The quantitative estimate of drug-likeness (QED) is 0.611. The van der Waals surface area contributed by atoms with E-state index < -0.39 is 10.0 Å². The van der Waals surface area contributed by atoms with Gasteiger partial charge in [-0.25, -0.2) is 8.42 Å². The van der Waals surface area contributed by atoms with Gasteiger partial charge in [0.05, 0.1) is 4.90 Å². The number of ether oxygens (including phenoxy) is 1. The number of halogens is 1. The van der Waals surface area contributed by atoms with Crippen LogP contribution in [0.2, 0.25) is 0 Å². The molecule has 0 bridgehead atoms. The van der Waals surface area contributed by atoms with Crippen molar-refractivity contribution in [1.82, 2.24) is 4.98 Å². The fourth-order valence-corrected chi connectivity index (χ4v) is 4.79. The molecule has 3 aromatic rings. The molecule has 1 N–H and O–H groups in total. The Hall–Kier alpha value is -2.38. The van der Waals surface area contributed by atoms with E-state index in [9.17, 15) is 8.42 Å². The highest BCUT2D eigenvalue weighted by Crippen LogP contribution is 2.27. The number of nitrogens with zero attached hydrogens (tertiary/aromatic N) is 1. The molecule has 0 aliphatic rings. The topological polar surface area (TPSA) is 68.3 Å². The molecule has 7 heteroatoms. The first-order chi connectivity index (χ1) is 12.3. The molecule has 0 unspecified atom stereocenters. The van der Waals surface area contributed by atoms with Gasteiger partial charge in [0.1, 0.15) is 11.6 Å². The number of rotatable bonds is 5. The fourth-order valence-electron chi connectivity index (χ4n) is 2.65. The van der Waals surface area contributed by atoms with Crippen LogP contribution in [0.15, 0.2) is 70.0 Å². The number of sulfonamides is 1. The summed E-state index contributed by atoms with van der Waals surface area (Å²) < 4.78 is 34.6. The minimum atomic E-state index is -3.77. The lowest BCUT2D eigenvalue weighted by Gasteiger charge is -2.13. The first-order valence-electron chi connectivity index (χ1n) is 7.85. The second-order valence-corrected chi connectivity index (χ2v) is 8.29. The zero-order valence-corrected chi connectivity index (χ0v) is 16.6. The van der Waals surface area contributed by atoms with Crippen LogP contribution in [0.5, 0.6) is 11.6 Å². The second-order valence-electron chi connectivity index (χ2n) is 5.75. The van der Waals surface area contributed by atoms with Gasteiger partial charge in [-0.2, -0.15) is 4.98 Å². The molecular weight excluding hydrogens is 416 g/mol. The van der Waals surface area contributed by atoms with Gasteiger partial charge in [0.25, 0.3) is 10.0 Å². The Morgan fingerprint density at radius 2 is 1.62 bits per heavy atom. The van der Waals surface area contributed by atoms with E-state index >= 15 is 0 Å². The van der Waals surface area contributed by atoms with Crippen molar-refractivity contribution in [2.24, 2.45) is 0 Å². The highest BCUT2D eigenvalue weighted by Gasteiger charge is 2.21. The third-order valence-corrected chi connectivity index (χ3v) is 5.74. The third kappa shape index (κ3) is 4.23. The summed E-state index contributed by atoms with van der Waals surface area (Å²) in [6.45, 7) is 3.52.